The number of carbonyl (C=O) groups is 1. The molecule has 134 valence electrons. The first-order chi connectivity index (χ1) is 11.5. The zero-order valence-corrected chi connectivity index (χ0v) is 15.2. The molecule has 6 nitrogen and oxygen atoms in total. The van der Waals surface area contributed by atoms with Crippen LogP contribution in [0, 0.1) is 5.92 Å². The second-order valence-electron chi connectivity index (χ2n) is 5.76. The number of rotatable bonds is 9. The molecule has 0 aliphatic heterocycles. The van der Waals surface area contributed by atoms with Gasteiger partial charge < -0.3 is 20.3 Å². The van der Waals surface area contributed by atoms with Gasteiger partial charge in [0.25, 0.3) is 0 Å². The van der Waals surface area contributed by atoms with Gasteiger partial charge in [0.1, 0.15) is 12.4 Å². The van der Waals surface area contributed by atoms with Crippen LogP contribution in [-0.4, -0.2) is 56.6 Å². The van der Waals surface area contributed by atoms with E-state index in [1.54, 1.807) is 0 Å². The lowest BCUT2D eigenvalue weighted by Gasteiger charge is -2.22. The molecule has 0 spiro atoms. The molecule has 0 aliphatic carbocycles. The van der Waals surface area contributed by atoms with Gasteiger partial charge in [-0.2, -0.15) is 0 Å². The zero-order chi connectivity index (χ0) is 17.8. The van der Waals surface area contributed by atoms with E-state index in [1.807, 2.05) is 63.1 Å². The third-order valence-electron chi connectivity index (χ3n) is 3.33. The summed E-state index contributed by atoms with van der Waals surface area (Å²) in [6.07, 6.45) is 0. The highest BCUT2D eigenvalue weighted by Crippen LogP contribution is 2.07. The molecule has 2 N–H and O–H groups in total. The summed E-state index contributed by atoms with van der Waals surface area (Å²) in [5, 5.41) is 6.12. The Hall–Kier alpha value is -2.24. The van der Waals surface area contributed by atoms with Gasteiger partial charge >= 0.3 is 0 Å². The van der Waals surface area contributed by atoms with Gasteiger partial charge in [-0.1, -0.05) is 32.0 Å². The van der Waals surface area contributed by atoms with Crippen LogP contribution in [0.1, 0.15) is 20.8 Å². The van der Waals surface area contributed by atoms with Crippen molar-refractivity contribution in [3.63, 3.8) is 0 Å². The van der Waals surface area contributed by atoms with Gasteiger partial charge in [-0.3, -0.25) is 9.79 Å². The van der Waals surface area contributed by atoms with Crippen molar-refractivity contribution in [2.24, 2.45) is 10.9 Å². The highest BCUT2D eigenvalue weighted by atomic mass is 16.5. The second-order valence-corrected chi connectivity index (χ2v) is 5.76. The van der Waals surface area contributed by atoms with E-state index in [-0.39, 0.29) is 11.8 Å². The number of likely N-dealkylation sites (N-methyl/N-ethyl adjacent to an activating group) is 1. The van der Waals surface area contributed by atoms with Crippen LogP contribution in [0.15, 0.2) is 35.3 Å². The smallest absolute Gasteiger partial charge is 0.222 e. The van der Waals surface area contributed by atoms with Crippen LogP contribution in [0.25, 0.3) is 0 Å². The van der Waals surface area contributed by atoms with Crippen molar-refractivity contribution in [1.29, 1.82) is 0 Å². The summed E-state index contributed by atoms with van der Waals surface area (Å²) in [6.45, 7) is 8.97. The van der Waals surface area contributed by atoms with E-state index in [4.69, 9.17) is 4.74 Å². The van der Waals surface area contributed by atoms with E-state index >= 15 is 0 Å². The number of hydrogen-bond acceptors (Lipinski definition) is 3. The van der Waals surface area contributed by atoms with Crippen LogP contribution < -0.4 is 15.4 Å². The second kappa shape index (κ2) is 11.3. The topological polar surface area (TPSA) is 66.0 Å². The predicted molar refractivity (Wildman–Crippen MR) is 98.4 cm³/mol. The zero-order valence-electron chi connectivity index (χ0n) is 15.2. The van der Waals surface area contributed by atoms with Crippen LogP contribution in [0.4, 0.5) is 0 Å². The van der Waals surface area contributed by atoms with Gasteiger partial charge in [0, 0.05) is 26.1 Å². The lowest BCUT2D eigenvalue weighted by atomic mass is 10.2. The molecule has 0 saturated carbocycles. The summed E-state index contributed by atoms with van der Waals surface area (Å²) < 4.78 is 5.71. The van der Waals surface area contributed by atoms with Crippen LogP contribution in [0.2, 0.25) is 0 Å². The fourth-order valence-electron chi connectivity index (χ4n) is 1.94. The fourth-order valence-corrected chi connectivity index (χ4v) is 1.94. The third kappa shape index (κ3) is 7.85. The highest BCUT2D eigenvalue weighted by Gasteiger charge is 2.07. The highest BCUT2D eigenvalue weighted by molar-refractivity contribution is 5.80. The number of ether oxygens (including phenoxy) is 1. The molecule has 1 aromatic carbocycles. The molecule has 24 heavy (non-hydrogen) atoms. The lowest BCUT2D eigenvalue weighted by molar-refractivity contribution is -0.123. The Balaban J connectivity index is 2.38. The molecule has 0 unspecified atom stereocenters. The van der Waals surface area contributed by atoms with Crippen molar-refractivity contribution < 1.29 is 9.53 Å². The molecule has 6 heteroatoms. The van der Waals surface area contributed by atoms with E-state index in [2.05, 4.69) is 15.6 Å². The minimum absolute atomic E-state index is 0.0000238. The van der Waals surface area contributed by atoms with Crippen LogP contribution >= 0.6 is 0 Å². The summed E-state index contributed by atoms with van der Waals surface area (Å²) in [6, 6.07) is 9.76. The largest absolute Gasteiger partial charge is 0.492 e. The summed E-state index contributed by atoms with van der Waals surface area (Å²) in [5.41, 5.74) is 0. The number of hydrogen-bond donors (Lipinski definition) is 2. The van der Waals surface area contributed by atoms with Gasteiger partial charge in [-0.25, -0.2) is 0 Å². The van der Waals surface area contributed by atoms with Crippen molar-refractivity contribution in [2.45, 2.75) is 20.8 Å². The molecular formula is C18H30N4O2. The minimum Gasteiger partial charge on any atom is -0.492 e. The third-order valence-corrected chi connectivity index (χ3v) is 3.33. The Morgan fingerprint density at radius 1 is 1.25 bits per heavy atom. The Morgan fingerprint density at radius 3 is 2.58 bits per heavy atom. The lowest BCUT2D eigenvalue weighted by Crippen LogP contribution is -2.41. The van der Waals surface area contributed by atoms with E-state index in [9.17, 15) is 4.79 Å². The molecule has 0 saturated heterocycles. The van der Waals surface area contributed by atoms with Gasteiger partial charge in [0.05, 0.1) is 13.1 Å². The maximum absolute atomic E-state index is 11.5. The maximum atomic E-state index is 11.5. The summed E-state index contributed by atoms with van der Waals surface area (Å²) in [4.78, 5) is 18.1. The first-order valence-corrected chi connectivity index (χ1v) is 8.49. The molecule has 0 heterocycles. The summed E-state index contributed by atoms with van der Waals surface area (Å²) >= 11 is 0. The van der Waals surface area contributed by atoms with Gasteiger partial charge in [-0.15, -0.1) is 0 Å². The summed E-state index contributed by atoms with van der Waals surface area (Å²) in [7, 11) is 1.97. The molecule has 1 aromatic rings. The van der Waals surface area contributed by atoms with E-state index < -0.39 is 0 Å². The first kappa shape index (κ1) is 19.8. The maximum Gasteiger partial charge on any atom is 0.222 e. The average molecular weight is 334 g/mol. The van der Waals surface area contributed by atoms with E-state index in [0.717, 1.165) is 24.8 Å². The Bertz CT molecular complexity index is 503. The number of nitrogens with zero attached hydrogens (tertiary/aromatic N) is 2. The number of nitrogens with one attached hydrogen (secondary N) is 2. The van der Waals surface area contributed by atoms with E-state index in [0.29, 0.717) is 19.7 Å². The molecular weight excluding hydrogens is 304 g/mol. The van der Waals surface area contributed by atoms with Crippen molar-refractivity contribution in [3.8, 4) is 5.75 Å². The molecule has 1 rings (SSSR count). The Labute approximate surface area is 145 Å². The normalized spacial score (nSPS) is 11.3. The van der Waals surface area contributed by atoms with Crippen molar-refractivity contribution in [2.75, 3.05) is 39.8 Å². The van der Waals surface area contributed by atoms with Crippen LogP contribution in [-0.2, 0) is 4.79 Å². The number of benzene rings is 1. The molecule has 1 amide bonds. The standard InChI is InChI=1S/C18H30N4O2/c1-5-19-18(21-12-11-20-17(23)15(2)3)22(4)13-14-24-16-9-7-6-8-10-16/h6-10,15H,5,11-14H2,1-4H3,(H,19,21)(H,20,23). The molecule has 0 fully saturated rings. The van der Waals surface area contributed by atoms with Gasteiger partial charge in [0.15, 0.2) is 5.96 Å². The van der Waals surface area contributed by atoms with Crippen molar-refractivity contribution in [1.82, 2.24) is 15.5 Å². The fraction of sp³-hybridized carbons (Fsp3) is 0.556. The number of carbonyl (C=O) groups excluding carboxylic acids is 1. The molecule has 0 aliphatic rings. The van der Waals surface area contributed by atoms with Crippen LogP contribution in [0.5, 0.6) is 5.75 Å². The Morgan fingerprint density at radius 2 is 1.96 bits per heavy atom. The average Bonchev–Trinajstić information content (AvgIpc) is 2.58. The minimum atomic E-state index is 0.0000238. The molecule has 0 atom stereocenters. The van der Waals surface area contributed by atoms with Gasteiger partial charge in [-0.05, 0) is 19.1 Å². The van der Waals surface area contributed by atoms with Crippen molar-refractivity contribution in [3.05, 3.63) is 30.3 Å². The molecule has 0 radical (unpaired) electrons. The molecule has 0 bridgehead atoms. The number of guanidine groups is 1. The number of amides is 1. The SMILES string of the molecule is CCNC(=NCCNC(=O)C(C)C)N(C)CCOc1ccccc1. The number of para-hydroxylation sites is 1. The summed E-state index contributed by atoms with van der Waals surface area (Å²) in [5.74, 6) is 1.73. The van der Waals surface area contributed by atoms with E-state index in [1.165, 1.54) is 0 Å². The van der Waals surface area contributed by atoms with Gasteiger partial charge in [0.2, 0.25) is 5.91 Å². The first-order valence-electron chi connectivity index (χ1n) is 8.49. The van der Waals surface area contributed by atoms with Crippen LogP contribution in [0.3, 0.4) is 0 Å². The Kier molecular flexibility index (Phi) is 9.34. The number of aliphatic imine (C=N–C) groups is 1. The van der Waals surface area contributed by atoms with Crippen molar-refractivity contribution >= 4 is 11.9 Å². The quantitative estimate of drug-likeness (QED) is 0.410. The predicted octanol–water partition coefficient (Wildman–Crippen LogP) is 1.73. The molecule has 0 aromatic heterocycles. The monoisotopic (exact) mass is 334 g/mol.